The molecule has 5 heteroatoms. The van der Waals surface area contributed by atoms with Crippen LogP contribution in [0, 0.1) is 0 Å². The minimum Gasteiger partial charge on any atom is -0.484 e. The Hall–Kier alpha value is -1.85. The molecule has 1 N–H and O–H groups in total. The lowest BCUT2D eigenvalue weighted by molar-refractivity contribution is -0.123. The first-order valence-corrected chi connectivity index (χ1v) is 8.20. The molecule has 0 bridgehead atoms. The van der Waals surface area contributed by atoms with E-state index in [2.05, 4.69) is 32.2 Å². The molecule has 1 amide bonds. The van der Waals surface area contributed by atoms with Gasteiger partial charge >= 0.3 is 0 Å². The Kier molecular flexibility index (Phi) is 6.62. The Morgan fingerprint density at radius 3 is 2.57 bits per heavy atom. The fourth-order valence-electron chi connectivity index (χ4n) is 2.18. The van der Waals surface area contributed by atoms with Crippen molar-refractivity contribution in [1.29, 1.82) is 0 Å². The lowest BCUT2D eigenvalue weighted by atomic mass is 10.1. The normalized spacial score (nSPS) is 10.6. The van der Waals surface area contributed by atoms with Crippen molar-refractivity contribution < 1.29 is 9.53 Å². The first-order chi connectivity index (χ1) is 11.0. The van der Waals surface area contributed by atoms with Gasteiger partial charge < -0.3 is 15.0 Å². The predicted molar refractivity (Wildman–Crippen MR) is 95.3 cm³/mol. The van der Waals surface area contributed by atoms with Crippen molar-refractivity contribution in [2.24, 2.45) is 0 Å². The molecule has 0 aliphatic rings. The van der Waals surface area contributed by atoms with Gasteiger partial charge in [-0.3, -0.25) is 4.79 Å². The molecule has 0 unspecified atom stereocenters. The Morgan fingerprint density at radius 2 is 1.87 bits per heavy atom. The van der Waals surface area contributed by atoms with Crippen molar-refractivity contribution in [1.82, 2.24) is 10.2 Å². The monoisotopic (exact) mass is 376 g/mol. The van der Waals surface area contributed by atoms with Crippen LogP contribution in [0.25, 0.3) is 0 Å². The molecule has 0 heterocycles. The maximum atomic E-state index is 11.9. The molecule has 0 aliphatic carbocycles. The number of rotatable bonds is 7. The maximum absolute atomic E-state index is 11.9. The van der Waals surface area contributed by atoms with E-state index in [-0.39, 0.29) is 12.5 Å². The highest BCUT2D eigenvalue weighted by Gasteiger charge is 2.06. The topological polar surface area (TPSA) is 41.6 Å². The van der Waals surface area contributed by atoms with Crippen LogP contribution in [-0.4, -0.2) is 31.5 Å². The predicted octanol–water partition coefficient (Wildman–Crippen LogP) is 3.21. The molecule has 2 aromatic carbocycles. The van der Waals surface area contributed by atoms with E-state index < -0.39 is 0 Å². The second-order valence-corrected chi connectivity index (χ2v) is 6.44. The molecule has 122 valence electrons. The van der Waals surface area contributed by atoms with Gasteiger partial charge in [-0.05, 0) is 43.4 Å². The molecule has 0 radical (unpaired) electrons. The van der Waals surface area contributed by atoms with Crippen LogP contribution in [0.15, 0.2) is 53.0 Å². The quantitative estimate of drug-likeness (QED) is 0.806. The lowest BCUT2D eigenvalue weighted by Crippen LogP contribution is -2.29. The minimum absolute atomic E-state index is 0.00625. The number of benzene rings is 2. The molecule has 0 saturated heterocycles. The summed E-state index contributed by atoms with van der Waals surface area (Å²) in [6, 6.07) is 15.6. The van der Waals surface area contributed by atoms with Crippen molar-refractivity contribution in [3.8, 4) is 5.75 Å². The molecule has 2 rings (SSSR count). The summed E-state index contributed by atoms with van der Waals surface area (Å²) in [5, 5.41) is 2.90. The average molecular weight is 377 g/mol. The molecule has 0 aliphatic heterocycles. The summed E-state index contributed by atoms with van der Waals surface area (Å²) < 4.78 is 6.41. The van der Waals surface area contributed by atoms with Crippen LogP contribution in [0.1, 0.15) is 11.1 Å². The molecule has 0 spiro atoms. The Morgan fingerprint density at radius 1 is 1.13 bits per heavy atom. The van der Waals surface area contributed by atoms with E-state index in [4.69, 9.17) is 4.74 Å². The molecule has 0 saturated carbocycles. The van der Waals surface area contributed by atoms with E-state index in [1.165, 1.54) is 5.56 Å². The Balaban J connectivity index is 1.85. The molecule has 4 nitrogen and oxygen atoms in total. The van der Waals surface area contributed by atoms with E-state index in [0.717, 1.165) is 16.6 Å². The van der Waals surface area contributed by atoms with Crippen LogP contribution in [0.5, 0.6) is 5.75 Å². The molecular weight excluding hydrogens is 356 g/mol. The fraction of sp³-hybridized carbons (Fsp3) is 0.278. The van der Waals surface area contributed by atoms with Crippen molar-refractivity contribution in [3.05, 3.63) is 64.1 Å². The smallest absolute Gasteiger partial charge is 0.258 e. The van der Waals surface area contributed by atoms with Gasteiger partial charge in [0.1, 0.15) is 5.75 Å². The number of hydrogen-bond acceptors (Lipinski definition) is 3. The zero-order valence-electron chi connectivity index (χ0n) is 13.4. The number of ether oxygens (including phenoxy) is 1. The van der Waals surface area contributed by atoms with Crippen molar-refractivity contribution in [2.75, 3.05) is 20.7 Å². The standard InChI is InChI=1S/C18H21BrN2O2/c1-21(2)12-15-7-4-3-6-14(15)11-20-18(22)13-23-17-9-5-8-16(19)10-17/h3-10H,11-13H2,1-2H3,(H,20,22). The summed E-state index contributed by atoms with van der Waals surface area (Å²) >= 11 is 3.37. The molecule has 23 heavy (non-hydrogen) atoms. The van der Waals surface area contributed by atoms with E-state index >= 15 is 0 Å². The highest BCUT2D eigenvalue weighted by molar-refractivity contribution is 9.10. The third-order valence-electron chi connectivity index (χ3n) is 3.25. The van der Waals surface area contributed by atoms with E-state index in [9.17, 15) is 4.79 Å². The second kappa shape index (κ2) is 8.70. The molecule has 0 aromatic heterocycles. The summed E-state index contributed by atoms with van der Waals surface area (Å²) in [5.74, 6) is 0.534. The Labute approximate surface area is 145 Å². The third-order valence-corrected chi connectivity index (χ3v) is 3.74. The third kappa shape index (κ3) is 6.04. The fourth-order valence-corrected chi connectivity index (χ4v) is 2.55. The number of nitrogens with one attached hydrogen (secondary N) is 1. The van der Waals surface area contributed by atoms with Gasteiger partial charge in [-0.15, -0.1) is 0 Å². The van der Waals surface area contributed by atoms with Crippen LogP contribution in [-0.2, 0) is 17.9 Å². The van der Waals surface area contributed by atoms with E-state index in [0.29, 0.717) is 12.3 Å². The maximum Gasteiger partial charge on any atom is 0.258 e. The highest BCUT2D eigenvalue weighted by Crippen LogP contribution is 2.17. The number of amides is 1. The van der Waals surface area contributed by atoms with Gasteiger partial charge in [0.2, 0.25) is 0 Å². The zero-order valence-corrected chi connectivity index (χ0v) is 15.0. The summed E-state index contributed by atoms with van der Waals surface area (Å²) in [6.45, 7) is 1.36. The van der Waals surface area contributed by atoms with Gasteiger partial charge in [-0.25, -0.2) is 0 Å². The zero-order chi connectivity index (χ0) is 16.7. The Bertz CT molecular complexity index is 659. The van der Waals surface area contributed by atoms with Gasteiger partial charge in [-0.1, -0.05) is 46.3 Å². The van der Waals surface area contributed by atoms with Gasteiger partial charge in [0.05, 0.1) is 0 Å². The van der Waals surface area contributed by atoms with Crippen molar-refractivity contribution in [3.63, 3.8) is 0 Å². The summed E-state index contributed by atoms with van der Waals surface area (Å²) in [7, 11) is 4.06. The molecule has 0 fully saturated rings. The van der Waals surface area contributed by atoms with Crippen LogP contribution in [0.2, 0.25) is 0 Å². The van der Waals surface area contributed by atoms with E-state index in [1.54, 1.807) is 0 Å². The van der Waals surface area contributed by atoms with E-state index in [1.807, 2.05) is 56.6 Å². The molecule has 2 aromatic rings. The van der Waals surface area contributed by atoms with Crippen LogP contribution in [0.4, 0.5) is 0 Å². The van der Waals surface area contributed by atoms with Crippen molar-refractivity contribution in [2.45, 2.75) is 13.1 Å². The average Bonchev–Trinajstić information content (AvgIpc) is 2.51. The molecular formula is C18H21BrN2O2. The van der Waals surface area contributed by atoms with Crippen LogP contribution in [0.3, 0.4) is 0 Å². The highest BCUT2D eigenvalue weighted by atomic mass is 79.9. The van der Waals surface area contributed by atoms with Gasteiger partial charge in [0.15, 0.2) is 6.61 Å². The minimum atomic E-state index is -0.135. The van der Waals surface area contributed by atoms with Crippen LogP contribution < -0.4 is 10.1 Å². The van der Waals surface area contributed by atoms with Gasteiger partial charge in [-0.2, -0.15) is 0 Å². The first kappa shape index (κ1) is 17.5. The van der Waals surface area contributed by atoms with Gasteiger partial charge in [0, 0.05) is 17.6 Å². The van der Waals surface area contributed by atoms with Crippen LogP contribution >= 0.6 is 15.9 Å². The van der Waals surface area contributed by atoms with Gasteiger partial charge in [0.25, 0.3) is 5.91 Å². The second-order valence-electron chi connectivity index (χ2n) is 5.53. The molecule has 0 atom stereocenters. The number of nitrogens with zero attached hydrogens (tertiary/aromatic N) is 1. The lowest BCUT2D eigenvalue weighted by Gasteiger charge is -2.14. The van der Waals surface area contributed by atoms with Crippen molar-refractivity contribution >= 4 is 21.8 Å². The number of halogens is 1. The summed E-state index contributed by atoms with van der Waals surface area (Å²) in [5.41, 5.74) is 2.34. The summed E-state index contributed by atoms with van der Waals surface area (Å²) in [6.07, 6.45) is 0. The number of carbonyl (C=O) groups is 1. The first-order valence-electron chi connectivity index (χ1n) is 7.41. The SMILES string of the molecule is CN(C)Cc1ccccc1CNC(=O)COc1cccc(Br)c1. The number of carbonyl (C=O) groups excluding carboxylic acids is 1. The largest absolute Gasteiger partial charge is 0.484 e. The summed E-state index contributed by atoms with van der Waals surface area (Å²) in [4.78, 5) is 14.1. The number of hydrogen-bond donors (Lipinski definition) is 1.